The lowest BCUT2D eigenvalue weighted by molar-refractivity contribution is 0.333. The largest absolute Gasteiger partial charge is 0.318 e. The van der Waals surface area contributed by atoms with Crippen molar-refractivity contribution >= 4 is 22.7 Å². The van der Waals surface area contributed by atoms with Crippen LogP contribution in [-0.4, -0.2) is 33.0 Å². The summed E-state index contributed by atoms with van der Waals surface area (Å²) in [4.78, 5) is 11.2. The van der Waals surface area contributed by atoms with Crippen LogP contribution in [-0.2, 0) is 19.4 Å². The molecule has 2 aliphatic rings. The third-order valence-corrected chi connectivity index (χ3v) is 5.54. The quantitative estimate of drug-likeness (QED) is 0.683. The Morgan fingerprint density at radius 1 is 1.24 bits per heavy atom. The van der Waals surface area contributed by atoms with Crippen molar-refractivity contribution in [2.24, 2.45) is 0 Å². The van der Waals surface area contributed by atoms with E-state index in [0.29, 0.717) is 0 Å². The zero-order chi connectivity index (χ0) is 17.0. The van der Waals surface area contributed by atoms with Crippen molar-refractivity contribution in [2.75, 3.05) is 13.6 Å². The van der Waals surface area contributed by atoms with E-state index in [4.69, 9.17) is 0 Å². The van der Waals surface area contributed by atoms with Crippen LogP contribution in [0.25, 0.3) is 22.7 Å². The first-order valence-corrected chi connectivity index (χ1v) is 9.01. The first-order chi connectivity index (χ1) is 12.2. The Morgan fingerprint density at radius 2 is 2.16 bits per heavy atom. The maximum atomic E-state index is 4.58. The second-order valence-corrected chi connectivity index (χ2v) is 7.34. The molecule has 1 aliphatic carbocycles. The van der Waals surface area contributed by atoms with E-state index in [-0.39, 0.29) is 0 Å². The number of nitrogens with zero attached hydrogens (tertiary/aromatic N) is 4. The van der Waals surface area contributed by atoms with Gasteiger partial charge in [0, 0.05) is 48.3 Å². The fourth-order valence-corrected chi connectivity index (χ4v) is 4.24. The minimum absolute atomic E-state index is 1.01. The molecule has 3 aromatic rings. The van der Waals surface area contributed by atoms with Crippen molar-refractivity contribution in [3.63, 3.8) is 0 Å². The molecular formula is C21H22N4. The maximum Gasteiger partial charge on any atom is 0.0713 e. The predicted molar refractivity (Wildman–Crippen MR) is 101 cm³/mol. The molecule has 25 heavy (non-hydrogen) atoms. The molecule has 1 aliphatic heterocycles. The number of aryl methyl sites for hydroxylation is 1. The number of rotatable bonds is 1. The van der Waals surface area contributed by atoms with Gasteiger partial charge in [0.25, 0.3) is 0 Å². The van der Waals surface area contributed by atoms with Gasteiger partial charge in [0.05, 0.1) is 11.7 Å². The molecule has 0 radical (unpaired) electrons. The van der Waals surface area contributed by atoms with Crippen LogP contribution < -0.4 is 0 Å². The molecule has 4 heteroatoms. The van der Waals surface area contributed by atoms with Crippen molar-refractivity contribution in [3.05, 3.63) is 58.8 Å². The molecule has 0 unspecified atom stereocenters. The summed E-state index contributed by atoms with van der Waals surface area (Å²) in [6.45, 7) is 4.26. The van der Waals surface area contributed by atoms with Gasteiger partial charge in [0.15, 0.2) is 0 Å². The average molecular weight is 330 g/mol. The minimum Gasteiger partial charge on any atom is -0.318 e. The lowest BCUT2D eigenvalue weighted by Gasteiger charge is -2.22. The minimum atomic E-state index is 1.01. The van der Waals surface area contributed by atoms with Crippen LogP contribution in [0.15, 0.2) is 30.7 Å². The molecule has 0 aromatic carbocycles. The number of aromatic nitrogens is 3. The van der Waals surface area contributed by atoms with Crippen LogP contribution >= 0.6 is 0 Å². The van der Waals surface area contributed by atoms with Gasteiger partial charge < -0.3 is 9.47 Å². The van der Waals surface area contributed by atoms with Gasteiger partial charge in [-0.05, 0) is 67.8 Å². The highest BCUT2D eigenvalue weighted by atomic mass is 15.1. The Morgan fingerprint density at radius 3 is 3.04 bits per heavy atom. The molecule has 0 fully saturated rings. The van der Waals surface area contributed by atoms with Crippen molar-refractivity contribution in [3.8, 4) is 0 Å². The molecule has 4 nitrogen and oxygen atoms in total. The van der Waals surface area contributed by atoms with Crippen LogP contribution in [0.2, 0.25) is 0 Å². The molecule has 0 N–H and O–H groups in total. The summed E-state index contributed by atoms with van der Waals surface area (Å²) in [6, 6.07) is 4.38. The molecule has 4 heterocycles. The van der Waals surface area contributed by atoms with Gasteiger partial charge in [-0.1, -0.05) is 0 Å². The molecule has 0 bridgehead atoms. The smallest absolute Gasteiger partial charge is 0.0713 e. The van der Waals surface area contributed by atoms with Crippen molar-refractivity contribution < 1.29 is 0 Å². The van der Waals surface area contributed by atoms with Crippen molar-refractivity contribution in [1.82, 2.24) is 19.4 Å². The lowest BCUT2D eigenvalue weighted by atomic mass is 9.85. The van der Waals surface area contributed by atoms with Gasteiger partial charge >= 0.3 is 0 Å². The van der Waals surface area contributed by atoms with Gasteiger partial charge in [-0.25, -0.2) is 0 Å². The van der Waals surface area contributed by atoms with Crippen molar-refractivity contribution in [1.29, 1.82) is 0 Å². The summed E-state index contributed by atoms with van der Waals surface area (Å²) in [5, 5.41) is 1.36. The Bertz CT molecular complexity index is 1010. The molecular weight excluding hydrogens is 308 g/mol. The van der Waals surface area contributed by atoms with Gasteiger partial charge in [0.2, 0.25) is 0 Å². The number of hydrogen-bond acceptors (Lipinski definition) is 3. The van der Waals surface area contributed by atoms with E-state index in [2.05, 4.69) is 51.7 Å². The second-order valence-electron chi connectivity index (χ2n) is 7.34. The third kappa shape index (κ3) is 2.32. The van der Waals surface area contributed by atoms with E-state index in [1.165, 1.54) is 45.3 Å². The monoisotopic (exact) mass is 330 g/mol. The molecule has 126 valence electrons. The van der Waals surface area contributed by atoms with Crippen LogP contribution in [0, 0.1) is 6.92 Å². The highest BCUT2D eigenvalue weighted by Gasteiger charge is 2.23. The molecule has 0 saturated carbocycles. The number of allylic oxidation sites excluding steroid dienone is 1. The number of fused-ring (bicyclic) bond motifs is 4. The van der Waals surface area contributed by atoms with E-state index in [0.717, 1.165) is 31.6 Å². The highest BCUT2D eigenvalue weighted by Crippen LogP contribution is 2.37. The van der Waals surface area contributed by atoms with Crippen molar-refractivity contribution in [2.45, 2.75) is 32.7 Å². The summed E-state index contributed by atoms with van der Waals surface area (Å²) in [5.41, 5.74) is 9.36. The van der Waals surface area contributed by atoms with E-state index in [1.807, 2.05) is 18.6 Å². The van der Waals surface area contributed by atoms with E-state index >= 15 is 0 Å². The zero-order valence-electron chi connectivity index (χ0n) is 14.8. The van der Waals surface area contributed by atoms with E-state index in [9.17, 15) is 0 Å². The molecule has 0 amide bonds. The van der Waals surface area contributed by atoms with E-state index < -0.39 is 0 Å². The fourth-order valence-electron chi connectivity index (χ4n) is 4.24. The molecule has 0 saturated heterocycles. The summed E-state index contributed by atoms with van der Waals surface area (Å²) in [5.74, 6) is 0. The molecule has 5 rings (SSSR count). The fraction of sp³-hybridized carbons (Fsp3) is 0.333. The topological polar surface area (TPSA) is 34.0 Å². The van der Waals surface area contributed by atoms with Crippen LogP contribution in [0.5, 0.6) is 0 Å². The van der Waals surface area contributed by atoms with Gasteiger partial charge in [-0.15, -0.1) is 0 Å². The first kappa shape index (κ1) is 14.8. The molecule has 0 spiro atoms. The van der Waals surface area contributed by atoms with Gasteiger partial charge in [-0.2, -0.15) is 0 Å². The second kappa shape index (κ2) is 5.53. The molecule has 3 aromatic heterocycles. The highest BCUT2D eigenvalue weighted by molar-refractivity contribution is 5.92. The summed E-state index contributed by atoms with van der Waals surface area (Å²) in [6.07, 6.45) is 11.6. The van der Waals surface area contributed by atoms with Crippen LogP contribution in [0.3, 0.4) is 0 Å². The Hall–Kier alpha value is -2.46. The predicted octanol–water partition coefficient (Wildman–Crippen LogP) is 3.67. The SMILES string of the molecule is Cc1cc2c3c(n(/C=C4\Cc5cnccc54)c2cn1)CCCN(C)C3. The Balaban J connectivity index is 1.72. The zero-order valence-corrected chi connectivity index (χ0v) is 14.8. The Kier molecular flexibility index (Phi) is 3.28. The third-order valence-electron chi connectivity index (χ3n) is 5.54. The van der Waals surface area contributed by atoms with E-state index in [1.54, 1.807) is 0 Å². The average Bonchev–Trinajstić information content (AvgIpc) is 2.73. The lowest BCUT2D eigenvalue weighted by Crippen LogP contribution is -2.17. The first-order valence-electron chi connectivity index (χ1n) is 9.01. The van der Waals surface area contributed by atoms with Crippen LogP contribution in [0.1, 0.15) is 34.5 Å². The van der Waals surface area contributed by atoms with Gasteiger partial charge in [-0.3, -0.25) is 9.97 Å². The summed E-state index contributed by atoms with van der Waals surface area (Å²) in [7, 11) is 2.22. The van der Waals surface area contributed by atoms with Gasteiger partial charge in [0.1, 0.15) is 0 Å². The Labute approximate surface area is 147 Å². The number of hydrogen-bond donors (Lipinski definition) is 0. The normalized spacial score (nSPS) is 18.7. The number of pyridine rings is 2. The standard InChI is InChI=1S/C21H22N4/c1-14-8-18-19-13-24(2)7-3-4-20(19)25(21(18)11-23-14)12-16-9-15-10-22-6-5-17(15)16/h5-6,8,10-12H,3-4,7,9,13H2,1-2H3/b16-12+. The maximum absolute atomic E-state index is 4.58. The van der Waals surface area contributed by atoms with Crippen LogP contribution in [0.4, 0.5) is 0 Å². The molecule has 0 atom stereocenters. The summed E-state index contributed by atoms with van der Waals surface area (Å²) >= 11 is 0. The summed E-state index contributed by atoms with van der Waals surface area (Å²) < 4.78 is 2.41.